The average molecular weight is 670 g/mol. The summed E-state index contributed by atoms with van der Waals surface area (Å²) < 4.78 is 6.63. The van der Waals surface area contributed by atoms with E-state index in [2.05, 4.69) is 187 Å². The summed E-state index contributed by atoms with van der Waals surface area (Å²) in [7, 11) is 0. The first-order valence-electron chi connectivity index (χ1n) is 17.3. The smallest absolute Gasteiger partial charge is 0.159 e. The minimum absolute atomic E-state index is 0.888. The zero-order valence-electron chi connectivity index (χ0n) is 27.7. The SMILES string of the molecule is c1ccc(-c2ccccc2-c2ccc3c(c2)Sc2cc(-c4ccccc4-c4ccccc4)ccc2N3c2cccc3c2oc2ccccc23)cc1. The van der Waals surface area contributed by atoms with Crippen molar-refractivity contribution >= 4 is 50.8 Å². The molecule has 0 aliphatic carbocycles. The molecule has 0 spiro atoms. The van der Waals surface area contributed by atoms with Crippen LogP contribution in [0.15, 0.2) is 202 Å². The van der Waals surface area contributed by atoms with Gasteiger partial charge in [-0.25, -0.2) is 0 Å². The minimum atomic E-state index is 0.888. The van der Waals surface area contributed by atoms with Crippen molar-refractivity contribution in [3.05, 3.63) is 188 Å². The van der Waals surface area contributed by atoms with E-state index in [1.54, 1.807) is 0 Å². The Kier molecular flexibility index (Phi) is 7.11. The van der Waals surface area contributed by atoms with Crippen LogP contribution in [0.4, 0.5) is 17.1 Å². The fourth-order valence-corrected chi connectivity index (χ4v) is 8.66. The van der Waals surface area contributed by atoms with Gasteiger partial charge in [-0.15, -0.1) is 0 Å². The lowest BCUT2D eigenvalue weighted by atomic mass is 9.94. The third-order valence-corrected chi connectivity index (χ3v) is 11.0. The minimum Gasteiger partial charge on any atom is -0.454 e. The second kappa shape index (κ2) is 12.2. The first-order valence-corrected chi connectivity index (χ1v) is 18.1. The molecule has 10 rings (SSSR count). The molecule has 0 fully saturated rings. The molecule has 2 heterocycles. The van der Waals surface area contributed by atoms with Gasteiger partial charge in [0, 0.05) is 20.6 Å². The van der Waals surface area contributed by atoms with E-state index in [-0.39, 0.29) is 0 Å². The summed E-state index contributed by atoms with van der Waals surface area (Å²) >= 11 is 1.84. The van der Waals surface area contributed by atoms with Crippen molar-refractivity contribution in [2.75, 3.05) is 4.90 Å². The molecule has 240 valence electrons. The molecule has 9 aromatic rings. The van der Waals surface area contributed by atoms with Crippen LogP contribution < -0.4 is 4.90 Å². The topological polar surface area (TPSA) is 16.4 Å². The van der Waals surface area contributed by atoms with Crippen LogP contribution in [0.3, 0.4) is 0 Å². The summed E-state index contributed by atoms with van der Waals surface area (Å²) in [5, 5.41) is 2.24. The van der Waals surface area contributed by atoms with E-state index in [1.807, 2.05) is 17.8 Å². The molecule has 1 aliphatic rings. The van der Waals surface area contributed by atoms with Crippen molar-refractivity contribution in [1.29, 1.82) is 0 Å². The lowest BCUT2D eigenvalue weighted by Gasteiger charge is -2.33. The number of furan rings is 1. The zero-order chi connectivity index (χ0) is 33.7. The maximum atomic E-state index is 6.63. The number of hydrogen-bond acceptors (Lipinski definition) is 3. The van der Waals surface area contributed by atoms with Crippen LogP contribution in [0, 0.1) is 0 Å². The Labute approximate surface area is 301 Å². The Morgan fingerprint density at radius 1 is 0.353 bits per heavy atom. The fourth-order valence-electron chi connectivity index (χ4n) is 7.52. The molecule has 0 saturated heterocycles. The lowest BCUT2D eigenvalue weighted by molar-refractivity contribution is 0.669. The molecule has 0 saturated carbocycles. The van der Waals surface area contributed by atoms with Crippen LogP contribution in [0.25, 0.3) is 66.4 Å². The fraction of sp³-hybridized carbons (Fsp3) is 0. The van der Waals surface area contributed by atoms with Crippen molar-refractivity contribution in [1.82, 2.24) is 0 Å². The molecular weight excluding hydrogens is 639 g/mol. The number of rotatable bonds is 5. The van der Waals surface area contributed by atoms with Crippen LogP contribution >= 0.6 is 11.8 Å². The maximum absolute atomic E-state index is 6.63. The molecule has 1 aliphatic heterocycles. The predicted molar refractivity (Wildman–Crippen MR) is 214 cm³/mol. The lowest BCUT2D eigenvalue weighted by Crippen LogP contribution is -2.15. The number of hydrogen-bond donors (Lipinski definition) is 0. The molecule has 0 radical (unpaired) electrons. The standard InChI is InChI=1S/C48H31NOS/c1-3-14-32(15-4-1)36-18-7-9-20-38(36)34-26-28-42-46(30-34)51-47-31-35(39-21-10-8-19-37(39)33-16-5-2-6-17-33)27-29-43(47)49(42)44-24-13-23-41-40-22-11-12-25-45(40)50-48(41)44/h1-31H. The third-order valence-electron chi connectivity index (χ3n) is 9.89. The molecule has 0 amide bonds. The zero-order valence-corrected chi connectivity index (χ0v) is 28.5. The van der Waals surface area contributed by atoms with E-state index in [9.17, 15) is 0 Å². The number of nitrogens with zero attached hydrogens (tertiary/aromatic N) is 1. The van der Waals surface area contributed by atoms with E-state index >= 15 is 0 Å². The van der Waals surface area contributed by atoms with Gasteiger partial charge in [0.2, 0.25) is 0 Å². The predicted octanol–water partition coefficient (Wildman–Crippen LogP) is 14.2. The Hall–Kier alpha value is -6.29. The van der Waals surface area contributed by atoms with Crippen LogP contribution in [0.5, 0.6) is 0 Å². The van der Waals surface area contributed by atoms with E-state index in [4.69, 9.17) is 4.42 Å². The molecule has 0 unspecified atom stereocenters. The highest BCUT2D eigenvalue weighted by Gasteiger charge is 2.29. The molecule has 8 aromatic carbocycles. The molecule has 2 nitrogen and oxygen atoms in total. The van der Waals surface area contributed by atoms with Gasteiger partial charge in [-0.05, 0) is 80.9 Å². The van der Waals surface area contributed by atoms with Crippen molar-refractivity contribution in [3.8, 4) is 44.5 Å². The number of anilines is 3. The largest absolute Gasteiger partial charge is 0.454 e. The van der Waals surface area contributed by atoms with Crippen LogP contribution in [-0.2, 0) is 0 Å². The van der Waals surface area contributed by atoms with Gasteiger partial charge in [-0.3, -0.25) is 0 Å². The first kappa shape index (κ1) is 29.6. The quantitative estimate of drug-likeness (QED) is 0.181. The molecule has 1 aromatic heterocycles. The first-order chi connectivity index (χ1) is 25.3. The summed E-state index contributed by atoms with van der Waals surface area (Å²) in [5.74, 6) is 0. The average Bonchev–Trinajstić information content (AvgIpc) is 3.59. The van der Waals surface area contributed by atoms with Crippen molar-refractivity contribution in [2.24, 2.45) is 0 Å². The molecular formula is C48H31NOS. The molecule has 0 N–H and O–H groups in total. The van der Waals surface area contributed by atoms with Crippen LogP contribution in [0.1, 0.15) is 0 Å². The van der Waals surface area contributed by atoms with E-state index in [0.717, 1.165) is 39.0 Å². The highest BCUT2D eigenvalue weighted by molar-refractivity contribution is 7.99. The van der Waals surface area contributed by atoms with Gasteiger partial charge < -0.3 is 9.32 Å². The van der Waals surface area contributed by atoms with Gasteiger partial charge in [0.25, 0.3) is 0 Å². The van der Waals surface area contributed by atoms with Gasteiger partial charge >= 0.3 is 0 Å². The van der Waals surface area contributed by atoms with Crippen molar-refractivity contribution < 1.29 is 4.42 Å². The highest BCUT2D eigenvalue weighted by Crippen LogP contribution is 2.55. The maximum Gasteiger partial charge on any atom is 0.159 e. The highest BCUT2D eigenvalue weighted by atomic mass is 32.2. The van der Waals surface area contributed by atoms with Crippen molar-refractivity contribution in [3.63, 3.8) is 0 Å². The molecule has 0 bridgehead atoms. The van der Waals surface area contributed by atoms with E-state index in [1.165, 1.54) is 54.3 Å². The summed E-state index contributed by atoms with van der Waals surface area (Å²) in [4.78, 5) is 4.79. The summed E-state index contributed by atoms with van der Waals surface area (Å²) in [6, 6.07) is 67.4. The molecule has 3 heteroatoms. The van der Waals surface area contributed by atoms with Gasteiger partial charge in [0.15, 0.2) is 5.58 Å². The van der Waals surface area contributed by atoms with Crippen LogP contribution in [0.2, 0.25) is 0 Å². The van der Waals surface area contributed by atoms with Gasteiger partial charge in [0.1, 0.15) is 5.58 Å². The Morgan fingerprint density at radius 3 is 1.39 bits per heavy atom. The van der Waals surface area contributed by atoms with Crippen LogP contribution in [-0.4, -0.2) is 0 Å². The number of fused-ring (bicyclic) bond motifs is 5. The summed E-state index contributed by atoms with van der Waals surface area (Å²) in [6.45, 7) is 0. The summed E-state index contributed by atoms with van der Waals surface area (Å²) in [6.07, 6.45) is 0. The van der Waals surface area contributed by atoms with Gasteiger partial charge in [-0.1, -0.05) is 163 Å². The molecule has 51 heavy (non-hydrogen) atoms. The number of benzene rings is 8. The van der Waals surface area contributed by atoms with Gasteiger partial charge in [-0.2, -0.15) is 0 Å². The monoisotopic (exact) mass is 669 g/mol. The second-order valence-electron chi connectivity index (χ2n) is 12.9. The molecule has 0 atom stereocenters. The van der Waals surface area contributed by atoms with E-state index in [0.29, 0.717) is 0 Å². The Bertz CT molecular complexity index is 2600. The summed E-state index contributed by atoms with van der Waals surface area (Å²) in [5.41, 5.74) is 14.8. The Morgan fingerprint density at radius 2 is 0.824 bits per heavy atom. The second-order valence-corrected chi connectivity index (χ2v) is 14.0. The normalized spacial score (nSPS) is 12.2. The third kappa shape index (κ3) is 5.05. The Balaban J connectivity index is 1.18. The van der Waals surface area contributed by atoms with E-state index < -0.39 is 0 Å². The van der Waals surface area contributed by atoms with Crippen molar-refractivity contribution in [2.45, 2.75) is 9.79 Å². The van der Waals surface area contributed by atoms with Gasteiger partial charge in [0.05, 0.1) is 17.1 Å². The number of para-hydroxylation sites is 2.